The third-order valence-electron chi connectivity index (χ3n) is 2.73. The van der Waals surface area contributed by atoms with Gasteiger partial charge in [0.15, 0.2) is 5.13 Å². The lowest BCUT2D eigenvalue weighted by atomic mass is 10.3. The zero-order chi connectivity index (χ0) is 14.8. The fraction of sp³-hybridized carbons (Fsp3) is 0.154. The van der Waals surface area contributed by atoms with E-state index in [0.29, 0.717) is 17.4 Å². The van der Waals surface area contributed by atoms with E-state index < -0.39 is 0 Å². The summed E-state index contributed by atoms with van der Waals surface area (Å²) in [7, 11) is 0. The molecule has 0 aliphatic carbocycles. The summed E-state index contributed by atoms with van der Waals surface area (Å²) in [5.74, 6) is 0.724. The highest BCUT2D eigenvalue weighted by atomic mass is 32.1. The average molecular weight is 303 g/mol. The first kappa shape index (κ1) is 13.4. The molecule has 0 aliphatic heterocycles. The summed E-state index contributed by atoms with van der Waals surface area (Å²) >= 11 is 1.38. The molecule has 0 saturated heterocycles. The van der Waals surface area contributed by atoms with Gasteiger partial charge in [-0.3, -0.25) is 15.2 Å². The van der Waals surface area contributed by atoms with Gasteiger partial charge in [-0.2, -0.15) is 5.10 Å². The van der Waals surface area contributed by atoms with E-state index in [1.807, 2.05) is 25.1 Å². The van der Waals surface area contributed by atoms with Crippen molar-refractivity contribution < 1.29 is 9.53 Å². The molecule has 2 aromatic heterocycles. The van der Waals surface area contributed by atoms with Crippen molar-refractivity contribution in [3.05, 3.63) is 30.0 Å². The number of thiazole rings is 1. The van der Waals surface area contributed by atoms with Gasteiger partial charge in [-0.05, 0) is 25.1 Å². The molecule has 0 radical (unpaired) electrons. The Morgan fingerprint density at radius 2 is 2.33 bits per heavy atom. The van der Waals surface area contributed by atoms with Crippen LogP contribution in [0.15, 0.2) is 24.3 Å². The highest BCUT2D eigenvalue weighted by molar-refractivity contribution is 7.22. The van der Waals surface area contributed by atoms with E-state index in [1.165, 1.54) is 17.4 Å². The number of amides is 1. The Bertz CT molecular complexity index is 795. The molecule has 4 N–H and O–H groups in total. The van der Waals surface area contributed by atoms with E-state index in [9.17, 15) is 4.79 Å². The van der Waals surface area contributed by atoms with Crippen molar-refractivity contribution >= 4 is 38.4 Å². The van der Waals surface area contributed by atoms with E-state index in [1.54, 1.807) is 0 Å². The molecule has 3 rings (SSSR count). The molecule has 0 fully saturated rings. The number of H-pyrrole nitrogens is 1. The van der Waals surface area contributed by atoms with Crippen molar-refractivity contribution in [1.82, 2.24) is 15.2 Å². The van der Waals surface area contributed by atoms with E-state index in [4.69, 9.17) is 10.5 Å². The first-order valence-electron chi connectivity index (χ1n) is 6.31. The number of rotatable bonds is 4. The zero-order valence-corrected chi connectivity index (χ0v) is 12.0. The molecule has 108 valence electrons. The van der Waals surface area contributed by atoms with Gasteiger partial charge in [0.2, 0.25) is 0 Å². The highest BCUT2D eigenvalue weighted by Gasteiger charge is 2.12. The van der Waals surface area contributed by atoms with Crippen LogP contribution < -0.4 is 15.8 Å². The molecule has 0 bridgehead atoms. The lowest BCUT2D eigenvalue weighted by Gasteiger charge is -2.00. The number of hydrogen-bond donors (Lipinski definition) is 3. The number of anilines is 2. The molecule has 0 aliphatic rings. The second kappa shape index (κ2) is 5.41. The van der Waals surface area contributed by atoms with Gasteiger partial charge >= 0.3 is 0 Å². The normalized spacial score (nSPS) is 10.7. The molecule has 3 aromatic rings. The second-order valence-corrected chi connectivity index (χ2v) is 5.27. The second-order valence-electron chi connectivity index (χ2n) is 4.24. The van der Waals surface area contributed by atoms with Crippen LogP contribution in [0.1, 0.15) is 17.4 Å². The van der Waals surface area contributed by atoms with Crippen LogP contribution in [0.25, 0.3) is 10.2 Å². The molecule has 7 nitrogen and oxygen atoms in total. The summed E-state index contributed by atoms with van der Waals surface area (Å²) < 4.78 is 6.39. The molecule has 21 heavy (non-hydrogen) atoms. The van der Waals surface area contributed by atoms with Crippen LogP contribution in [0.5, 0.6) is 5.75 Å². The van der Waals surface area contributed by atoms with Gasteiger partial charge in [-0.1, -0.05) is 11.3 Å². The summed E-state index contributed by atoms with van der Waals surface area (Å²) in [5, 5.41) is 9.49. The number of fused-ring (bicyclic) bond motifs is 1. The van der Waals surface area contributed by atoms with Crippen molar-refractivity contribution in [3.8, 4) is 5.75 Å². The number of nitrogens with zero attached hydrogens (tertiary/aromatic N) is 2. The maximum absolute atomic E-state index is 12.0. The number of ether oxygens (including phenoxy) is 1. The number of nitrogens with one attached hydrogen (secondary N) is 2. The monoisotopic (exact) mass is 303 g/mol. The minimum absolute atomic E-state index is 0.269. The lowest BCUT2D eigenvalue weighted by Crippen LogP contribution is -2.12. The van der Waals surface area contributed by atoms with Crippen LogP contribution >= 0.6 is 11.3 Å². The first-order valence-corrected chi connectivity index (χ1v) is 7.13. The highest BCUT2D eigenvalue weighted by Crippen LogP contribution is 2.29. The maximum atomic E-state index is 12.0. The number of carbonyl (C=O) groups excluding carboxylic acids is 1. The van der Waals surface area contributed by atoms with Gasteiger partial charge in [-0.15, -0.1) is 0 Å². The number of aromatic nitrogens is 3. The molecule has 0 spiro atoms. The predicted octanol–water partition coefficient (Wildman–Crippen LogP) is 2.25. The molecule has 0 unspecified atom stereocenters. The van der Waals surface area contributed by atoms with Crippen molar-refractivity contribution in [2.24, 2.45) is 0 Å². The number of hydrogen-bond acceptors (Lipinski definition) is 6. The van der Waals surface area contributed by atoms with Crippen LogP contribution in [0.4, 0.5) is 10.9 Å². The van der Waals surface area contributed by atoms with Crippen molar-refractivity contribution in [3.63, 3.8) is 0 Å². The predicted molar refractivity (Wildman–Crippen MR) is 81.7 cm³/mol. The van der Waals surface area contributed by atoms with E-state index in [-0.39, 0.29) is 11.7 Å². The number of aromatic amines is 1. The van der Waals surface area contributed by atoms with Crippen molar-refractivity contribution in [1.29, 1.82) is 0 Å². The Morgan fingerprint density at radius 3 is 3.05 bits per heavy atom. The van der Waals surface area contributed by atoms with Crippen LogP contribution in [-0.2, 0) is 0 Å². The SMILES string of the molecule is CCOc1ccc2nc(NC(=O)c3cc(N)n[nH]3)sc2c1. The summed E-state index contributed by atoms with van der Waals surface area (Å²) in [5.41, 5.74) is 6.57. The van der Waals surface area contributed by atoms with Gasteiger partial charge in [0.05, 0.1) is 16.8 Å². The third kappa shape index (κ3) is 2.79. The standard InChI is InChI=1S/C13H13N5O2S/c1-2-20-7-3-4-8-10(5-7)21-13(15-8)16-12(19)9-6-11(14)18-17-9/h3-6H,2H2,1H3,(H3,14,17,18)(H,15,16,19). The topological polar surface area (TPSA) is 106 Å². The molecule has 0 atom stereocenters. The fourth-order valence-electron chi connectivity index (χ4n) is 1.83. The molecule has 1 amide bonds. The summed E-state index contributed by atoms with van der Waals surface area (Å²) in [6.45, 7) is 2.54. The molecule has 1 aromatic carbocycles. The van der Waals surface area contributed by atoms with Crippen LogP contribution in [0.3, 0.4) is 0 Å². The maximum Gasteiger partial charge on any atom is 0.275 e. The van der Waals surface area contributed by atoms with E-state index in [2.05, 4.69) is 20.5 Å². The van der Waals surface area contributed by atoms with Gasteiger partial charge in [0, 0.05) is 6.07 Å². The van der Waals surface area contributed by atoms with Crippen molar-refractivity contribution in [2.75, 3.05) is 17.7 Å². The molecule has 2 heterocycles. The Balaban J connectivity index is 1.82. The minimum atomic E-state index is -0.330. The van der Waals surface area contributed by atoms with Gasteiger partial charge in [0.25, 0.3) is 5.91 Å². The molecule has 0 saturated carbocycles. The largest absolute Gasteiger partial charge is 0.494 e. The van der Waals surface area contributed by atoms with E-state index in [0.717, 1.165) is 16.0 Å². The summed E-state index contributed by atoms with van der Waals surface area (Å²) in [6.07, 6.45) is 0. The quantitative estimate of drug-likeness (QED) is 0.685. The minimum Gasteiger partial charge on any atom is -0.494 e. The van der Waals surface area contributed by atoms with Crippen molar-refractivity contribution in [2.45, 2.75) is 6.92 Å². The Labute approximate surface area is 124 Å². The van der Waals surface area contributed by atoms with E-state index >= 15 is 0 Å². The number of nitrogen functional groups attached to an aromatic ring is 1. The van der Waals surface area contributed by atoms with Crippen LogP contribution in [0.2, 0.25) is 0 Å². The third-order valence-corrected chi connectivity index (χ3v) is 3.67. The molecular weight excluding hydrogens is 290 g/mol. The number of benzene rings is 1. The number of carbonyl (C=O) groups is 1. The first-order chi connectivity index (χ1) is 10.2. The smallest absolute Gasteiger partial charge is 0.275 e. The zero-order valence-electron chi connectivity index (χ0n) is 11.2. The fourth-order valence-corrected chi connectivity index (χ4v) is 2.72. The summed E-state index contributed by atoms with van der Waals surface area (Å²) in [6, 6.07) is 7.09. The van der Waals surface area contributed by atoms with Gasteiger partial charge < -0.3 is 10.5 Å². The Morgan fingerprint density at radius 1 is 1.48 bits per heavy atom. The van der Waals surface area contributed by atoms with Crippen LogP contribution in [0, 0.1) is 0 Å². The van der Waals surface area contributed by atoms with Gasteiger partial charge in [0.1, 0.15) is 17.3 Å². The van der Waals surface area contributed by atoms with Gasteiger partial charge in [-0.25, -0.2) is 4.98 Å². The molecule has 8 heteroatoms. The lowest BCUT2D eigenvalue weighted by molar-refractivity contribution is 0.102. The van der Waals surface area contributed by atoms with Crippen LogP contribution in [-0.4, -0.2) is 27.7 Å². The molecular formula is C13H13N5O2S. The Hall–Kier alpha value is -2.61. The summed E-state index contributed by atoms with van der Waals surface area (Å²) in [4.78, 5) is 16.3. The Kier molecular flexibility index (Phi) is 3.44. The number of nitrogens with two attached hydrogens (primary N) is 1. The average Bonchev–Trinajstić information content (AvgIpc) is 3.04.